The molecular formula is C13H21NO4. The molecule has 1 aliphatic rings. The third kappa shape index (κ3) is 4.05. The van der Waals surface area contributed by atoms with Gasteiger partial charge in [-0.25, -0.2) is 9.59 Å². The Morgan fingerprint density at radius 2 is 2.00 bits per heavy atom. The molecule has 5 nitrogen and oxygen atoms in total. The monoisotopic (exact) mass is 255 g/mol. The molecule has 0 aromatic heterocycles. The SMILES string of the molecule is COC(=O)C1=C[C@@H](C)[C@@H](NC(=O)OC(C)(C)C)C1. The average molecular weight is 255 g/mol. The predicted octanol–water partition coefficient (Wildman–Crippen LogP) is 2.02. The molecule has 2 atom stereocenters. The lowest BCUT2D eigenvalue weighted by Gasteiger charge is -2.23. The lowest BCUT2D eigenvalue weighted by atomic mass is 10.1. The smallest absolute Gasteiger partial charge is 0.407 e. The zero-order valence-electron chi connectivity index (χ0n) is 11.6. The van der Waals surface area contributed by atoms with Crippen LogP contribution in [0.5, 0.6) is 0 Å². The van der Waals surface area contributed by atoms with Crippen molar-refractivity contribution in [3.05, 3.63) is 11.6 Å². The molecule has 0 saturated heterocycles. The second-order valence-corrected chi connectivity index (χ2v) is 5.50. The summed E-state index contributed by atoms with van der Waals surface area (Å²) in [5, 5.41) is 2.77. The maximum atomic E-state index is 11.6. The molecule has 0 aromatic rings. The van der Waals surface area contributed by atoms with Gasteiger partial charge in [0, 0.05) is 18.0 Å². The van der Waals surface area contributed by atoms with Gasteiger partial charge in [-0.15, -0.1) is 0 Å². The van der Waals surface area contributed by atoms with Crippen molar-refractivity contribution < 1.29 is 19.1 Å². The molecule has 0 bridgehead atoms. The summed E-state index contributed by atoms with van der Waals surface area (Å²) in [6.45, 7) is 7.37. The zero-order chi connectivity index (χ0) is 13.9. The fourth-order valence-electron chi connectivity index (χ4n) is 1.85. The van der Waals surface area contributed by atoms with Crippen LogP contribution in [0.25, 0.3) is 0 Å². The Morgan fingerprint density at radius 1 is 1.39 bits per heavy atom. The minimum atomic E-state index is -0.523. The number of esters is 1. The highest BCUT2D eigenvalue weighted by molar-refractivity contribution is 5.89. The van der Waals surface area contributed by atoms with Gasteiger partial charge in [0.2, 0.25) is 0 Å². The summed E-state index contributed by atoms with van der Waals surface area (Å²) in [6, 6.07) is -0.117. The molecule has 0 aliphatic heterocycles. The first-order valence-electron chi connectivity index (χ1n) is 6.01. The van der Waals surface area contributed by atoms with Crippen molar-refractivity contribution in [2.45, 2.75) is 45.8 Å². The van der Waals surface area contributed by atoms with E-state index in [9.17, 15) is 9.59 Å². The summed E-state index contributed by atoms with van der Waals surface area (Å²) in [6.07, 6.45) is 1.85. The Kier molecular flexibility index (Phi) is 4.38. The maximum Gasteiger partial charge on any atom is 0.407 e. The van der Waals surface area contributed by atoms with E-state index in [1.807, 2.05) is 33.8 Å². The Morgan fingerprint density at radius 3 is 2.50 bits per heavy atom. The van der Waals surface area contributed by atoms with Crippen LogP contribution in [-0.4, -0.2) is 30.8 Å². The lowest BCUT2D eigenvalue weighted by molar-refractivity contribution is -0.136. The first-order valence-corrected chi connectivity index (χ1v) is 6.01. The van der Waals surface area contributed by atoms with Crippen molar-refractivity contribution in [3.63, 3.8) is 0 Å². The fourth-order valence-corrected chi connectivity index (χ4v) is 1.85. The number of rotatable bonds is 2. The molecule has 5 heteroatoms. The molecule has 1 amide bonds. The van der Waals surface area contributed by atoms with Crippen LogP contribution in [0.2, 0.25) is 0 Å². The lowest BCUT2D eigenvalue weighted by Crippen LogP contribution is -2.40. The van der Waals surface area contributed by atoms with Crippen LogP contribution in [-0.2, 0) is 14.3 Å². The maximum absolute atomic E-state index is 11.6. The van der Waals surface area contributed by atoms with Gasteiger partial charge >= 0.3 is 12.1 Å². The minimum absolute atomic E-state index is 0.0895. The van der Waals surface area contributed by atoms with Crippen molar-refractivity contribution in [2.24, 2.45) is 5.92 Å². The molecule has 102 valence electrons. The molecule has 0 heterocycles. The fraction of sp³-hybridized carbons (Fsp3) is 0.692. The number of carbonyl (C=O) groups excluding carboxylic acids is 2. The van der Waals surface area contributed by atoms with Crippen molar-refractivity contribution in [2.75, 3.05) is 7.11 Å². The molecule has 0 fully saturated rings. The van der Waals surface area contributed by atoms with Gasteiger partial charge in [0.1, 0.15) is 5.60 Å². The summed E-state index contributed by atoms with van der Waals surface area (Å²) in [5.74, 6) is -0.248. The molecule has 0 aromatic carbocycles. The van der Waals surface area contributed by atoms with Crippen LogP contribution in [0.3, 0.4) is 0 Å². The van der Waals surface area contributed by atoms with Crippen molar-refractivity contribution in [1.82, 2.24) is 5.32 Å². The predicted molar refractivity (Wildman–Crippen MR) is 67.0 cm³/mol. The third-order valence-electron chi connectivity index (χ3n) is 2.69. The molecule has 0 saturated carbocycles. The summed E-state index contributed by atoms with van der Waals surface area (Å²) in [5.41, 5.74) is 0.0796. The number of alkyl carbamates (subject to hydrolysis) is 1. The number of hydrogen-bond donors (Lipinski definition) is 1. The standard InChI is InChI=1S/C13H21NO4/c1-8-6-9(11(15)17-5)7-10(8)14-12(16)18-13(2,3)4/h6,8,10H,7H2,1-5H3,(H,14,16)/t8-,10+/m1/s1. The van der Waals surface area contributed by atoms with E-state index in [-0.39, 0.29) is 17.9 Å². The Balaban J connectivity index is 2.52. The van der Waals surface area contributed by atoms with Gasteiger partial charge < -0.3 is 14.8 Å². The normalized spacial score (nSPS) is 23.3. The highest BCUT2D eigenvalue weighted by Gasteiger charge is 2.30. The molecular weight excluding hydrogens is 234 g/mol. The van der Waals surface area contributed by atoms with E-state index in [0.29, 0.717) is 12.0 Å². The number of nitrogens with one attached hydrogen (secondary N) is 1. The highest BCUT2D eigenvalue weighted by atomic mass is 16.6. The van der Waals surface area contributed by atoms with E-state index in [1.54, 1.807) is 0 Å². The van der Waals surface area contributed by atoms with E-state index >= 15 is 0 Å². The number of amides is 1. The summed E-state index contributed by atoms with van der Waals surface area (Å²) in [4.78, 5) is 23.0. The van der Waals surface area contributed by atoms with Gasteiger partial charge in [0.05, 0.1) is 7.11 Å². The molecule has 18 heavy (non-hydrogen) atoms. The van der Waals surface area contributed by atoms with E-state index in [1.165, 1.54) is 7.11 Å². The van der Waals surface area contributed by atoms with Crippen molar-refractivity contribution >= 4 is 12.1 Å². The largest absolute Gasteiger partial charge is 0.466 e. The number of carbonyl (C=O) groups is 2. The Labute approximate surface area is 108 Å². The van der Waals surface area contributed by atoms with Crippen LogP contribution in [0.15, 0.2) is 11.6 Å². The second kappa shape index (κ2) is 5.42. The third-order valence-corrected chi connectivity index (χ3v) is 2.69. The van der Waals surface area contributed by atoms with Crippen LogP contribution in [0.1, 0.15) is 34.1 Å². The average Bonchev–Trinajstić information content (AvgIpc) is 2.56. The minimum Gasteiger partial charge on any atom is -0.466 e. The second-order valence-electron chi connectivity index (χ2n) is 5.50. The topological polar surface area (TPSA) is 64.6 Å². The van der Waals surface area contributed by atoms with Crippen molar-refractivity contribution in [1.29, 1.82) is 0 Å². The first-order chi connectivity index (χ1) is 8.23. The van der Waals surface area contributed by atoms with Crippen LogP contribution in [0.4, 0.5) is 4.79 Å². The molecule has 1 N–H and O–H groups in total. The summed E-state index contributed by atoms with van der Waals surface area (Å²) in [7, 11) is 1.35. The van der Waals surface area contributed by atoms with Gasteiger partial charge in [-0.1, -0.05) is 13.0 Å². The molecule has 0 spiro atoms. The summed E-state index contributed by atoms with van der Waals surface area (Å²) < 4.78 is 9.85. The van der Waals surface area contributed by atoms with E-state index in [2.05, 4.69) is 10.1 Å². The Hall–Kier alpha value is -1.52. The zero-order valence-corrected chi connectivity index (χ0v) is 11.6. The summed E-state index contributed by atoms with van der Waals surface area (Å²) >= 11 is 0. The van der Waals surface area contributed by atoms with Gasteiger partial charge in [-0.3, -0.25) is 0 Å². The van der Waals surface area contributed by atoms with Gasteiger partial charge in [0.15, 0.2) is 0 Å². The molecule has 1 aliphatic carbocycles. The van der Waals surface area contributed by atoms with Crippen molar-refractivity contribution in [3.8, 4) is 0 Å². The van der Waals surface area contributed by atoms with Crippen LogP contribution < -0.4 is 5.32 Å². The first kappa shape index (κ1) is 14.5. The molecule has 1 rings (SSSR count). The highest BCUT2D eigenvalue weighted by Crippen LogP contribution is 2.25. The van der Waals surface area contributed by atoms with Gasteiger partial charge in [0.25, 0.3) is 0 Å². The van der Waals surface area contributed by atoms with E-state index in [4.69, 9.17) is 4.74 Å². The molecule has 0 unspecified atom stereocenters. The number of methoxy groups -OCH3 is 1. The van der Waals surface area contributed by atoms with Crippen LogP contribution in [0, 0.1) is 5.92 Å². The quantitative estimate of drug-likeness (QED) is 0.767. The molecule has 0 radical (unpaired) electrons. The van der Waals surface area contributed by atoms with E-state index in [0.717, 1.165) is 0 Å². The van der Waals surface area contributed by atoms with E-state index < -0.39 is 11.7 Å². The van der Waals surface area contributed by atoms with Crippen LogP contribution >= 0.6 is 0 Å². The van der Waals surface area contributed by atoms with Gasteiger partial charge in [-0.2, -0.15) is 0 Å². The van der Waals surface area contributed by atoms with Gasteiger partial charge in [-0.05, 0) is 26.7 Å². The number of ether oxygens (including phenoxy) is 2. The Bertz CT molecular complexity index is 368. The number of hydrogen-bond acceptors (Lipinski definition) is 4.